The van der Waals surface area contributed by atoms with Crippen LogP contribution in [0.15, 0.2) is 23.1 Å². The van der Waals surface area contributed by atoms with E-state index in [0.29, 0.717) is 23.4 Å². The number of carbonyl (C=O) groups excluding carboxylic acids is 1. The van der Waals surface area contributed by atoms with Gasteiger partial charge in [-0.2, -0.15) is 22.8 Å². The summed E-state index contributed by atoms with van der Waals surface area (Å²) in [6.45, 7) is 1.63. The van der Waals surface area contributed by atoms with Crippen molar-refractivity contribution in [3.05, 3.63) is 56.7 Å². The van der Waals surface area contributed by atoms with Gasteiger partial charge in [-0.25, -0.2) is 9.18 Å². The molecule has 36 heavy (non-hydrogen) atoms. The second kappa shape index (κ2) is 10.6. The Morgan fingerprint density at radius 1 is 1.31 bits per heavy atom. The Hall–Kier alpha value is -3.52. The smallest absolute Gasteiger partial charge is 0.425 e. The normalized spacial score (nSPS) is 12.5. The van der Waals surface area contributed by atoms with Crippen molar-refractivity contribution >= 4 is 17.4 Å². The van der Waals surface area contributed by atoms with Gasteiger partial charge in [-0.1, -0.05) is 11.6 Å². The lowest BCUT2D eigenvalue weighted by Gasteiger charge is -2.19. The Kier molecular flexibility index (Phi) is 7.99. The molecule has 3 heterocycles. The maximum Gasteiger partial charge on any atom is 0.425 e. The number of nitrogens with zero attached hydrogens (tertiary/aromatic N) is 5. The molecule has 0 aliphatic carbocycles. The zero-order valence-corrected chi connectivity index (χ0v) is 19.9. The van der Waals surface area contributed by atoms with Crippen molar-refractivity contribution in [2.24, 2.45) is 0 Å². The number of methoxy groups -OCH3 is 1. The highest BCUT2D eigenvalue weighted by Crippen LogP contribution is 2.29. The minimum absolute atomic E-state index is 0.0343. The van der Waals surface area contributed by atoms with Gasteiger partial charge in [0.2, 0.25) is 5.88 Å². The number of pyridine rings is 2. The summed E-state index contributed by atoms with van der Waals surface area (Å²) in [7, 11) is 1.37. The van der Waals surface area contributed by atoms with E-state index in [2.05, 4.69) is 15.1 Å². The van der Waals surface area contributed by atoms with Crippen LogP contribution in [0.4, 0.5) is 17.6 Å². The molecule has 0 bridgehead atoms. The Labute approximate surface area is 206 Å². The highest BCUT2D eigenvalue weighted by Gasteiger charge is 2.39. The second-order valence-electron chi connectivity index (χ2n) is 7.36. The van der Waals surface area contributed by atoms with E-state index in [1.807, 2.05) is 0 Å². The number of aliphatic hydroxyl groups excluding tert-OH is 1. The summed E-state index contributed by atoms with van der Waals surface area (Å²) in [4.78, 5) is 33.3. The quantitative estimate of drug-likeness (QED) is 0.329. The van der Waals surface area contributed by atoms with Gasteiger partial charge in [0.1, 0.15) is 12.4 Å². The van der Waals surface area contributed by atoms with Crippen molar-refractivity contribution in [3.8, 4) is 17.4 Å². The average molecular weight is 534 g/mol. The van der Waals surface area contributed by atoms with Crippen molar-refractivity contribution in [2.45, 2.75) is 45.7 Å². The predicted molar refractivity (Wildman–Crippen MR) is 117 cm³/mol. The van der Waals surface area contributed by atoms with E-state index in [0.717, 1.165) is 4.57 Å². The van der Waals surface area contributed by atoms with E-state index in [1.54, 1.807) is 6.92 Å². The maximum atomic E-state index is 15.1. The Balaban J connectivity index is 2.12. The first-order valence-electron chi connectivity index (χ1n) is 10.4. The molecule has 3 aromatic heterocycles. The Bertz CT molecular complexity index is 1340. The van der Waals surface area contributed by atoms with Crippen LogP contribution in [0.1, 0.15) is 35.7 Å². The van der Waals surface area contributed by atoms with Gasteiger partial charge in [0.15, 0.2) is 29.3 Å². The summed E-state index contributed by atoms with van der Waals surface area (Å²) >= 11 is 6.09. The molecule has 0 unspecified atom stereocenters. The molecule has 10 nitrogen and oxygen atoms in total. The lowest BCUT2D eigenvalue weighted by Crippen LogP contribution is -2.32. The third kappa shape index (κ3) is 5.49. The van der Waals surface area contributed by atoms with E-state index in [1.165, 1.54) is 19.4 Å². The largest absolute Gasteiger partial charge is 0.495 e. The molecule has 0 aromatic carbocycles. The van der Waals surface area contributed by atoms with E-state index in [4.69, 9.17) is 21.1 Å². The lowest BCUT2D eigenvalue weighted by molar-refractivity contribution is -0.190. The van der Waals surface area contributed by atoms with Gasteiger partial charge in [-0.15, -0.1) is 5.10 Å². The van der Waals surface area contributed by atoms with Crippen molar-refractivity contribution in [1.29, 1.82) is 0 Å². The molecular formula is C21H20ClF4N5O5. The molecule has 0 fully saturated rings. The van der Waals surface area contributed by atoms with Gasteiger partial charge < -0.3 is 14.6 Å². The topological polar surface area (TPSA) is 121 Å². The van der Waals surface area contributed by atoms with Crippen LogP contribution in [0.2, 0.25) is 5.02 Å². The number of Topliss-reactive ketones (excluding diaryl/α,β-unsaturated/α-hetero) is 1. The summed E-state index contributed by atoms with van der Waals surface area (Å²) < 4.78 is 66.0. The molecule has 0 amide bonds. The third-order valence-electron chi connectivity index (χ3n) is 5.03. The fourth-order valence-electron chi connectivity index (χ4n) is 3.08. The molecule has 3 aromatic rings. The molecule has 1 atom stereocenters. The molecular weight excluding hydrogens is 514 g/mol. The summed E-state index contributed by atoms with van der Waals surface area (Å²) in [6, 6.07) is 1.97. The van der Waals surface area contributed by atoms with Gasteiger partial charge in [-0.05, 0) is 19.9 Å². The molecule has 0 spiro atoms. The Morgan fingerprint density at radius 2 is 2.00 bits per heavy atom. The van der Waals surface area contributed by atoms with Crippen LogP contribution < -0.4 is 15.2 Å². The predicted octanol–water partition coefficient (Wildman–Crippen LogP) is 2.89. The monoisotopic (exact) mass is 533 g/mol. The second-order valence-corrected chi connectivity index (χ2v) is 7.77. The minimum atomic E-state index is -4.85. The number of ether oxygens (including phenoxy) is 2. The fraction of sp³-hybridized carbons (Fsp3) is 0.381. The number of aliphatic hydroxyl groups is 1. The molecule has 3 rings (SSSR count). The molecule has 0 aliphatic heterocycles. The van der Waals surface area contributed by atoms with Gasteiger partial charge in [0, 0.05) is 12.6 Å². The van der Waals surface area contributed by atoms with Gasteiger partial charge in [0.25, 0.3) is 0 Å². The number of halogens is 5. The van der Waals surface area contributed by atoms with E-state index < -0.39 is 59.9 Å². The number of ketones is 1. The summed E-state index contributed by atoms with van der Waals surface area (Å²) in [5, 5.41) is 13.2. The molecule has 0 saturated heterocycles. The van der Waals surface area contributed by atoms with E-state index >= 15 is 4.39 Å². The standard InChI is InChI=1S/C21H20ClF4N5O5/c1-4-30-17(9-32)29-31(20(30)34)18-14(23)6-12(19(28-18)36-10(2)21(24,25)26)16(33)7-15-13(22)5-11(35-3)8-27-15/h5-6,8,10,32H,4,7,9H2,1-3H3/t10-/m0/s1. The number of hydrogen-bond donors (Lipinski definition) is 1. The number of aromatic nitrogens is 5. The highest BCUT2D eigenvalue weighted by atomic mass is 35.5. The van der Waals surface area contributed by atoms with Crippen molar-refractivity contribution < 1.29 is 36.9 Å². The minimum Gasteiger partial charge on any atom is -0.495 e. The van der Waals surface area contributed by atoms with Crippen molar-refractivity contribution in [1.82, 2.24) is 24.3 Å². The number of rotatable bonds is 9. The van der Waals surface area contributed by atoms with Crippen LogP contribution >= 0.6 is 11.6 Å². The molecule has 0 aliphatic rings. The van der Waals surface area contributed by atoms with Gasteiger partial charge in [-0.3, -0.25) is 14.3 Å². The van der Waals surface area contributed by atoms with Crippen LogP contribution in [0.5, 0.6) is 11.6 Å². The van der Waals surface area contributed by atoms with Gasteiger partial charge in [0.05, 0.1) is 36.0 Å². The van der Waals surface area contributed by atoms with Crippen LogP contribution in [0, 0.1) is 5.82 Å². The average Bonchev–Trinajstić information content (AvgIpc) is 3.15. The zero-order chi connectivity index (χ0) is 26.8. The highest BCUT2D eigenvalue weighted by molar-refractivity contribution is 6.31. The summed E-state index contributed by atoms with van der Waals surface area (Å²) in [6.07, 6.45) is -6.54. The summed E-state index contributed by atoms with van der Waals surface area (Å²) in [5.74, 6) is -3.67. The molecule has 1 N–H and O–H groups in total. The van der Waals surface area contributed by atoms with Crippen LogP contribution in [0.3, 0.4) is 0 Å². The van der Waals surface area contributed by atoms with E-state index in [-0.39, 0.29) is 23.1 Å². The first-order valence-corrected chi connectivity index (χ1v) is 10.7. The SMILES string of the molecule is CCn1c(CO)nn(-c2nc(O[C@@H](C)C(F)(F)F)c(C(=O)Cc3ncc(OC)cc3Cl)cc2F)c1=O. The van der Waals surface area contributed by atoms with Crippen LogP contribution in [-0.4, -0.2) is 54.6 Å². The number of hydrogen-bond acceptors (Lipinski definition) is 8. The van der Waals surface area contributed by atoms with Crippen molar-refractivity contribution in [2.75, 3.05) is 7.11 Å². The zero-order valence-electron chi connectivity index (χ0n) is 19.1. The third-order valence-corrected chi connectivity index (χ3v) is 5.35. The maximum absolute atomic E-state index is 15.1. The van der Waals surface area contributed by atoms with Crippen LogP contribution in [0.25, 0.3) is 5.82 Å². The summed E-state index contributed by atoms with van der Waals surface area (Å²) in [5.41, 5.74) is -1.49. The van der Waals surface area contributed by atoms with Crippen LogP contribution in [-0.2, 0) is 19.6 Å². The van der Waals surface area contributed by atoms with Gasteiger partial charge >= 0.3 is 11.9 Å². The number of carbonyl (C=O) groups is 1. The first kappa shape index (κ1) is 27.1. The molecule has 0 radical (unpaired) electrons. The molecule has 15 heteroatoms. The fourth-order valence-corrected chi connectivity index (χ4v) is 3.31. The number of alkyl halides is 3. The molecule has 194 valence electrons. The lowest BCUT2D eigenvalue weighted by atomic mass is 10.1. The molecule has 0 saturated carbocycles. The first-order chi connectivity index (χ1) is 16.9. The Morgan fingerprint density at radius 3 is 2.53 bits per heavy atom. The van der Waals surface area contributed by atoms with Crippen molar-refractivity contribution in [3.63, 3.8) is 0 Å². The van der Waals surface area contributed by atoms with E-state index in [9.17, 15) is 27.9 Å².